The number of rotatable bonds is 2. The van der Waals surface area contributed by atoms with E-state index < -0.39 is 0 Å². The van der Waals surface area contributed by atoms with Crippen LogP contribution in [0.2, 0.25) is 0 Å². The topological polar surface area (TPSA) is 0 Å². The molecular formula is C21H22. The maximum atomic E-state index is 4.22. The van der Waals surface area contributed by atoms with Gasteiger partial charge >= 0.3 is 0 Å². The molecule has 1 aromatic carbocycles. The first kappa shape index (κ1) is 13.9. The Morgan fingerprint density at radius 3 is 2.38 bits per heavy atom. The van der Waals surface area contributed by atoms with Crippen molar-refractivity contribution in [3.8, 4) is 0 Å². The van der Waals surface area contributed by atoms with Gasteiger partial charge in [-0.2, -0.15) is 0 Å². The summed E-state index contributed by atoms with van der Waals surface area (Å²) in [5, 5.41) is 0. The quantitative estimate of drug-likeness (QED) is 0.599. The Labute approximate surface area is 127 Å². The van der Waals surface area contributed by atoms with Gasteiger partial charge in [0.25, 0.3) is 0 Å². The molecular weight excluding hydrogens is 252 g/mol. The number of allylic oxidation sites excluding steroid dienone is 8. The zero-order valence-corrected chi connectivity index (χ0v) is 12.9. The first-order valence-corrected chi connectivity index (χ1v) is 7.59. The number of aryl methyl sites for hydroxylation is 1. The van der Waals surface area contributed by atoms with Crippen LogP contribution in [0, 0.1) is 12.8 Å². The Morgan fingerprint density at radius 2 is 1.76 bits per heavy atom. The molecule has 1 fully saturated rings. The lowest BCUT2D eigenvalue weighted by Crippen LogP contribution is -1.89. The lowest BCUT2D eigenvalue weighted by Gasteiger charge is -2.06. The molecule has 106 valence electrons. The molecule has 0 aromatic heterocycles. The monoisotopic (exact) mass is 274 g/mol. The molecule has 0 spiro atoms. The lowest BCUT2D eigenvalue weighted by atomic mass is 9.99. The Bertz CT molecular complexity index is 690. The van der Waals surface area contributed by atoms with E-state index in [1.807, 2.05) is 0 Å². The van der Waals surface area contributed by atoms with Crippen LogP contribution in [0.5, 0.6) is 0 Å². The lowest BCUT2D eigenvalue weighted by molar-refractivity contribution is 0.868. The molecule has 1 saturated carbocycles. The molecule has 2 aliphatic rings. The Morgan fingerprint density at radius 1 is 1.05 bits per heavy atom. The third-order valence-corrected chi connectivity index (χ3v) is 4.64. The van der Waals surface area contributed by atoms with Gasteiger partial charge in [0, 0.05) is 5.92 Å². The number of hydrogen-bond acceptors (Lipinski definition) is 0. The second-order valence-electron chi connectivity index (χ2n) is 6.23. The van der Waals surface area contributed by atoms with Gasteiger partial charge in [-0.25, -0.2) is 0 Å². The SMILES string of the molecule is C=C1C/C(=C\C2=CC=C(c3ccc(C)cc3)C2)C(=C)C1C. The largest absolute Gasteiger partial charge is 0.0989 e. The van der Waals surface area contributed by atoms with Crippen LogP contribution in [0.15, 0.2) is 77.9 Å². The molecule has 0 heterocycles. The van der Waals surface area contributed by atoms with Crippen LogP contribution in [-0.2, 0) is 0 Å². The smallest absolute Gasteiger partial charge is 0.00174 e. The molecule has 0 nitrogen and oxygen atoms in total. The van der Waals surface area contributed by atoms with Crippen LogP contribution in [0.25, 0.3) is 5.57 Å². The minimum absolute atomic E-state index is 0.433. The van der Waals surface area contributed by atoms with Crippen LogP contribution >= 0.6 is 0 Å². The Hall–Kier alpha value is -2.08. The summed E-state index contributed by atoms with van der Waals surface area (Å²) < 4.78 is 0. The van der Waals surface area contributed by atoms with Crippen molar-refractivity contribution in [2.75, 3.05) is 0 Å². The molecule has 1 unspecified atom stereocenters. The third kappa shape index (κ3) is 2.71. The maximum Gasteiger partial charge on any atom is 0.00174 e. The summed E-state index contributed by atoms with van der Waals surface area (Å²) in [5.74, 6) is 0.433. The van der Waals surface area contributed by atoms with Crippen molar-refractivity contribution < 1.29 is 0 Å². The standard InChI is InChI=1S/C21H22/c1-14-5-8-19(9-6-14)20-10-7-18(12-20)13-21-11-15(2)16(3)17(21)4/h5-10,13,16H,2,4,11-12H2,1,3H3/b21-13+. The number of benzene rings is 1. The van der Waals surface area contributed by atoms with Crippen molar-refractivity contribution in [2.24, 2.45) is 5.92 Å². The number of hydrogen-bond donors (Lipinski definition) is 0. The second-order valence-corrected chi connectivity index (χ2v) is 6.23. The van der Waals surface area contributed by atoms with E-state index >= 15 is 0 Å². The highest BCUT2D eigenvalue weighted by Gasteiger charge is 2.23. The molecule has 0 amide bonds. The molecule has 0 heteroatoms. The van der Waals surface area contributed by atoms with E-state index in [0.717, 1.165) is 12.8 Å². The minimum atomic E-state index is 0.433. The molecule has 0 aliphatic heterocycles. The highest BCUT2D eigenvalue weighted by molar-refractivity contribution is 5.74. The van der Waals surface area contributed by atoms with Gasteiger partial charge in [-0.05, 0) is 47.6 Å². The second kappa shape index (κ2) is 5.37. The molecule has 1 atom stereocenters. The predicted molar refractivity (Wildman–Crippen MR) is 92.0 cm³/mol. The Balaban J connectivity index is 1.73. The van der Waals surface area contributed by atoms with Crippen molar-refractivity contribution in [3.63, 3.8) is 0 Å². The van der Waals surface area contributed by atoms with E-state index in [0.29, 0.717) is 5.92 Å². The zero-order valence-electron chi connectivity index (χ0n) is 12.9. The van der Waals surface area contributed by atoms with Crippen LogP contribution in [-0.4, -0.2) is 0 Å². The molecule has 1 aromatic rings. The fraction of sp³-hybridized carbons (Fsp3) is 0.238. The van der Waals surface area contributed by atoms with E-state index in [1.54, 1.807) is 0 Å². The van der Waals surface area contributed by atoms with Crippen molar-refractivity contribution in [1.29, 1.82) is 0 Å². The molecule has 0 radical (unpaired) electrons. The van der Waals surface area contributed by atoms with Gasteiger partial charge in [0.15, 0.2) is 0 Å². The van der Waals surface area contributed by atoms with Gasteiger partial charge in [0.1, 0.15) is 0 Å². The maximum absolute atomic E-state index is 4.22. The van der Waals surface area contributed by atoms with E-state index in [9.17, 15) is 0 Å². The van der Waals surface area contributed by atoms with Gasteiger partial charge in [-0.1, -0.05) is 73.7 Å². The van der Waals surface area contributed by atoms with Gasteiger partial charge in [-0.3, -0.25) is 0 Å². The summed E-state index contributed by atoms with van der Waals surface area (Å²) in [4.78, 5) is 0. The van der Waals surface area contributed by atoms with E-state index in [2.05, 4.69) is 69.5 Å². The van der Waals surface area contributed by atoms with Crippen LogP contribution in [0.1, 0.15) is 30.9 Å². The van der Waals surface area contributed by atoms with E-state index in [4.69, 9.17) is 0 Å². The fourth-order valence-corrected chi connectivity index (χ4v) is 3.01. The summed E-state index contributed by atoms with van der Waals surface area (Å²) >= 11 is 0. The molecule has 0 bridgehead atoms. The van der Waals surface area contributed by atoms with Crippen molar-refractivity contribution in [3.05, 3.63) is 89.1 Å². The molecule has 21 heavy (non-hydrogen) atoms. The minimum Gasteiger partial charge on any atom is -0.0989 e. The predicted octanol–water partition coefficient (Wildman–Crippen LogP) is 5.79. The normalized spacial score (nSPS) is 23.7. The van der Waals surface area contributed by atoms with Crippen molar-refractivity contribution in [1.82, 2.24) is 0 Å². The molecule has 2 aliphatic carbocycles. The van der Waals surface area contributed by atoms with E-state index in [-0.39, 0.29) is 0 Å². The molecule has 0 N–H and O–H groups in total. The molecule has 3 rings (SSSR count). The van der Waals surface area contributed by atoms with Gasteiger partial charge < -0.3 is 0 Å². The summed E-state index contributed by atoms with van der Waals surface area (Å²) in [7, 11) is 0. The summed E-state index contributed by atoms with van der Waals surface area (Å²) in [6, 6.07) is 8.78. The first-order valence-electron chi connectivity index (χ1n) is 7.59. The zero-order chi connectivity index (χ0) is 15.0. The Kier molecular flexibility index (Phi) is 3.55. The summed E-state index contributed by atoms with van der Waals surface area (Å²) in [5.41, 5.74) is 9.30. The molecule has 0 saturated heterocycles. The average molecular weight is 274 g/mol. The van der Waals surface area contributed by atoms with Gasteiger partial charge in [0.2, 0.25) is 0 Å². The van der Waals surface area contributed by atoms with Crippen LogP contribution in [0.3, 0.4) is 0 Å². The highest BCUT2D eigenvalue weighted by atomic mass is 14.3. The third-order valence-electron chi connectivity index (χ3n) is 4.64. The van der Waals surface area contributed by atoms with Crippen LogP contribution < -0.4 is 0 Å². The summed E-state index contributed by atoms with van der Waals surface area (Å²) in [6.45, 7) is 12.7. The average Bonchev–Trinajstić information content (AvgIpc) is 3.02. The van der Waals surface area contributed by atoms with Crippen LogP contribution in [0.4, 0.5) is 0 Å². The van der Waals surface area contributed by atoms with Gasteiger partial charge in [-0.15, -0.1) is 0 Å². The van der Waals surface area contributed by atoms with Crippen molar-refractivity contribution in [2.45, 2.75) is 26.7 Å². The van der Waals surface area contributed by atoms with E-state index in [1.165, 1.54) is 39.0 Å². The van der Waals surface area contributed by atoms with Gasteiger partial charge in [0.05, 0.1) is 0 Å². The fourth-order valence-electron chi connectivity index (χ4n) is 3.01. The highest BCUT2D eigenvalue weighted by Crippen LogP contribution is 2.40. The van der Waals surface area contributed by atoms with Crippen molar-refractivity contribution >= 4 is 5.57 Å². The first-order chi connectivity index (χ1) is 10.0. The summed E-state index contributed by atoms with van der Waals surface area (Å²) in [6.07, 6.45) is 8.79.